The van der Waals surface area contributed by atoms with Crippen LogP contribution in [0, 0.1) is 5.92 Å². The minimum absolute atomic E-state index is 0.0508. The summed E-state index contributed by atoms with van der Waals surface area (Å²) in [7, 11) is 2.91. The molecule has 0 saturated carbocycles. The molecule has 1 heterocycles. The first-order chi connectivity index (χ1) is 11.5. The van der Waals surface area contributed by atoms with Crippen LogP contribution in [0.25, 0.3) is 0 Å². The maximum atomic E-state index is 12.7. The molecule has 1 aliphatic rings. The first-order valence-corrected chi connectivity index (χ1v) is 7.47. The van der Waals surface area contributed by atoms with Crippen molar-refractivity contribution in [2.75, 3.05) is 20.8 Å². The van der Waals surface area contributed by atoms with Crippen molar-refractivity contribution >= 4 is 5.78 Å². The summed E-state index contributed by atoms with van der Waals surface area (Å²) in [6, 6.07) is 7.87. The Balaban J connectivity index is 1.85. The van der Waals surface area contributed by atoms with Crippen LogP contribution in [0.4, 0.5) is 0 Å². The van der Waals surface area contributed by atoms with E-state index in [1.807, 2.05) is 0 Å². The molecule has 24 heavy (non-hydrogen) atoms. The number of carbonyl (C=O) groups excluding carboxylic acids is 1. The molecule has 2 aromatic carbocycles. The van der Waals surface area contributed by atoms with Crippen LogP contribution < -0.4 is 14.2 Å². The number of Topliss-reactive ketones (excluding diaryl/α,β-unsaturated/α-hetero) is 1. The molecule has 2 N–H and O–H groups in total. The Morgan fingerprint density at radius 2 is 1.79 bits per heavy atom. The third-order valence-corrected chi connectivity index (χ3v) is 4.08. The number of hydrogen-bond donors (Lipinski definition) is 2. The summed E-state index contributed by atoms with van der Waals surface area (Å²) >= 11 is 0. The number of fused-ring (bicyclic) bond motifs is 1. The molecular weight excluding hydrogens is 312 g/mol. The molecule has 6 nitrogen and oxygen atoms in total. The van der Waals surface area contributed by atoms with Crippen LogP contribution in [0.1, 0.15) is 15.9 Å². The number of ether oxygens (including phenoxy) is 3. The van der Waals surface area contributed by atoms with E-state index < -0.39 is 0 Å². The highest BCUT2D eigenvalue weighted by Gasteiger charge is 2.30. The van der Waals surface area contributed by atoms with Crippen molar-refractivity contribution in [3.05, 3.63) is 41.5 Å². The second kappa shape index (κ2) is 6.31. The quantitative estimate of drug-likeness (QED) is 0.896. The number of phenols is 2. The molecule has 0 fully saturated rings. The van der Waals surface area contributed by atoms with Crippen molar-refractivity contribution in [3.63, 3.8) is 0 Å². The Hall–Kier alpha value is -2.89. The Morgan fingerprint density at radius 3 is 2.50 bits per heavy atom. The number of rotatable bonds is 4. The third-order valence-electron chi connectivity index (χ3n) is 4.08. The standard InChI is InChI=1S/C18H18O6/c1-22-16-6-10(3-4-13(16)19)5-11-9-24-15-8-17(23-2)14(20)7-12(15)18(11)21/h3-4,6-8,11,19-20H,5,9H2,1-2H3. The molecule has 0 amide bonds. The Kier molecular flexibility index (Phi) is 4.20. The van der Waals surface area contributed by atoms with Crippen molar-refractivity contribution in [3.8, 4) is 28.7 Å². The average Bonchev–Trinajstić information content (AvgIpc) is 2.59. The maximum absolute atomic E-state index is 12.7. The minimum atomic E-state index is -0.375. The Bertz CT molecular complexity index is 783. The molecule has 6 heteroatoms. The monoisotopic (exact) mass is 330 g/mol. The van der Waals surface area contributed by atoms with E-state index in [1.165, 1.54) is 32.4 Å². The van der Waals surface area contributed by atoms with Crippen LogP contribution in [-0.2, 0) is 6.42 Å². The van der Waals surface area contributed by atoms with Gasteiger partial charge in [0.15, 0.2) is 28.8 Å². The second-order valence-electron chi connectivity index (χ2n) is 5.60. The molecule has 0 spiro atoms. The Labute approximate surface area is 139 Å². The van der Waals surface area contributed by atoms with E-state index in [4.69, 9.17) is 14.2 Å². The minimum Gasteiger partial charge on any atom is -0.504 e. The lowest BCUT2D eigenvalue weighted by molar-refractivity contribution is 0.0829. The average molecular weight is 330 g/mol. The van der Waals surface area contributed by atoms with Gasteiger partial charge in [0, 0.05) is 6.07 Å². The number of aromatic hydroxyl groups is 2. The molecule has 126 valence electrons. The zero-order chi connectivity index (χ0) is 17.3. The van der Waals surface area contributed by atoms with Crippen molar-refractivity contribution < 1.29 is 29.2 Å². The molecule has 1 unspecified atom stereocenters. The van der Waals surface area contributed by atoms with Crippen LogP contribution in [0.15, 0.2) is 30.3 Å². The smallest absolute Gasteiger partial charge is 0.173 e. The summed E-state index contributed by atoms with van der Waals surface area (Å²) in [5.41, 5.74) is 1.20. The molecule has 3 rings (SSSR count). The number of benzene rings is 2. The van der Waals surface area contributed by atoms with Crippen molar-refractivity contribution in [1.82, 2.24) is 0 Å². The molecule has 0 aromatic heterocycles. The van der Waals surface area contributed by atoms with E-state index in [0.717, 1.165) is 5.56 Å². The largest absolute Gasteiger partial charge is 0.504 e. The van der Waals surface area contributed by atoms with Gasteiger partial charge in [-0.1, -0.05) is 6.07 Å². The molecule has 0 aliphatic carbocycles. The zero-order valence-corrected chi connectivity index (χ0v) is 13.4. The van der Waals surface area contributed by atoms with E-state index in [-0.39, 0.29) is 35.6 Å². The van der Waals surface area contributed by atoms with Gasteiger partial charge < -0.3 is 24.4 Å². The van der Waals surface area contributed by atoms with E-state index in [1.54, 1.807) is 12.1 Å². The first kappa shape index (κ1) is 16.0. The van der Waals surface area contributed by atoms with Gasteiger partial charge in [0.2, 0.25) is 0 Å². The normalized spacial score (nSPS) is 16.2. The fraction of sp³-hybridized carbons (Fsp3) is 0.278. The molecule has 1 aliphatic heterocycles. The predicted molar refractivity (Wildman–Crippen MR) is 86.3 cm³/mol. The van der Waals surface area contributed by atoms with Gasteiger partial charge in [0.25, 0.3) is 0 Å². The summed E-state index contributed by atoms with van der Waals surface area (Å²) < 4.78 is 15.8. The highest BCUT2D eigenvalue weighted by atomic mass is 16.5. The van der Waals surface area contributed by atoms with Gasteiger partial charge in [-0.15, -0.1) is 0 Å². The van der Waals surface area contributed by atoms with Crippen LogP contribution in [0.2, 0.25) is 0 Å². The summed E-state index contributed by atoms with van der Waals surface area (Å²) in [6.45, 7) is 0.239. The fourth-order valence-corrected chi connectivity index (χ4v) is 2.80. The molecule has 1 atom stereocenters. The number of methoxy groups -OCH3 is 2. The number of ketones is 1. The number of phenolic OH excluding ortho intramolecular Hbond substituents is 2. The fourth-order valence-electron chi connectivity index (χ4n) is 2.80. The predicted octanol–water partition coefficient (Wildman–Crippen LogP) is 2.55. The Morgan fingerprint density at radius 1 is 1.08 bits per heavy atom. The summed E-state index contributed by atoms with van der Waals surface area (Å²) in [5, 5.41) is 19.5. The van der Waals surface area contributed by atoms with Crippen LogP contribution in [0.5, 0.6) is 28.7 Å². The van der Waals surface area contributed by atoms with Gasteiger partial charge in [0.1, 0.15) is 5.75 Å². The molecule has 0 saturated heterocycles. The van der Waals surface area contributed by atoms with Crippen LogP contribution >= 0.6 is 0 Å². The molecule has 0 radical (unpaired) electrons. The number of hydrogen-bond acceptors (Lipinski definition) is 6. The maximum Gasteiger partial charge on any atom is 0.173 e. The summed E-state index contributed by atoms with van der Waals surface area (Å²) in [5.74, 6) is 0.521. The van der Waals surface area contributed by atoms with Crippen LogP contribution in [0.3, 0.4) is 0 Å². The van der Waals surface area contributed by atoms with Gasteiger partial charge in [-0.3, -0.25) is 4.79 Å². The van der Waals surface area contributed by atoms with Gasteiger partial charge in [-0.25, -0.2) is 0 Å². The highest BCUT2D eigenvalue weighted by molar-refractivity contribution is 6.02. The van der Waals surface area contributed by atoms with E-state index in [9.17, 15) is 15.0 Å². The van der Waals surface area contributed by atoms with Crippen LogP contribution in [-0.4, -0.2) is 36.8 Å². The zero-order valence-electron chi connectivity index (χ0n) is 13.4. The van der Waals surface area contributed by atoms with Gasteiger partial charge in [-0.2, -0.15) is 0 Å². The molecule has 0 bridgehead atoms. The van der Waals surface area contributed by atoms with Gasteiger partial charge >= 0.3 is 0 Å². The highest BCUT2D eigenvalue weighted by Crippen LogP contribution is 2.38. The van der Waals surface area contributed by atoms with E-state index in [0.29, 0.717) is 23.5 Å². The van der Waals surface area contributed by atoms with Gasteiger partial charge in [-0.05, 0) is 30.2 Å². The lowest BCUT2D eigenvalue weighted by Crippen LogP contribution is -2.29. The van der Waals surface area contributed by atoms with E-state index >= 15 is 0 Å². The topological polar surface area (TPSA) is 85.2 Å². The second-order valence-corrected chi connectivity index (χ2v) is 5.60. The lowest BCUT2D eigenvalue weighted by atomic mass is 9.89. The van der Waals surface area contributed by atoms with Crippen molar-refractivity contribution in [2.24, 2.45) is 5.92 Å². The third kappa shape index (κ3) is 2.82. The number of carbonyl (C=O) groups is 1. The lowest BCUT2D eigenvalue weighted by Gasteiger charge is -2.25. The van der Waals surface area contributed by atoms with Crippen molar-refractivity contribution in [2.45, 2.75) is 6.42 Å². The molecule has 2 aromatic rings. The van der Waals surface area contributed by atoms with Gasteiger partial charge in [0.05, 0.1) is 32.3 Å². The molecular formula is C18H18O6. The first-order valence-electron chi connectivity index (χ1n) is 7.47. The summed E-state index contributed by atoms with van der Waals surface area (Å²) in [6.07, 6.45) is 0.446. The summed E-state index contributed by atoms with van der Waals surface area (Å²) in [4.78, 5) is 12.7. The van der Waals surface area contributed by atoms with E-state index in [2.05, 4.69) is 0 Å². The van der Waals surface area contributed by atoms with Crippen molar-refractivity contribution in [1.29, 1.82) is 0 Å². The SMILES string of the molecule is COc1cc(CC2COc3cc(OC)c(O)cc3C2=O)ccc1O.